The molecule has 0 radical (unpaired) electrons. The minimum absolute atomic E-state index is 0.209. The lowest BCUT2D eigenvalue weighted by Gasteiger charge is -2.07. The van der Waals surface area contributed by atoms with E-state index in [4.69, 9.17) is 0 Å². The summed E-state index contributed by atoms with van der Waals surface area (Å²) in [4.78, 5) is 12.1. The minimum Gasteiger partial charge on any atom is -0.324 e. The maximum atomic E-state index is 13.6. The van der Waals surface area contributed by atoms with E-state index in [9.17, 15) is 9.18 Å². The molecule has 0 saturated carbocycles. The highest BCUT2D eigenvalue weighted by Crippen LogP contribution is 2.20. The number of nitrogens with zero attached hydrogens (tertiary/aromatic N) is 2. The van der Waals surface area contributed by atoms with Gasteiger partial charge in [0.05, 0.1) is 17.1 Å². The van der Waals surface area contributed by atoms with Crippen molar-refractivity contribution in [3.05, 3.63) is 77.4 Å². The lowest BCUT2D eigenvalue weighted by molar-refractivity contribution is -0.116. The molecular formula is C20H20FN3O. The number of rotatable bonds is 5. The predicted octanol–water partition coefficient (Wildman–Crippen LogP) is 4.20. The molecule has 0 saturated heterocycles. The second-order valence-electron chi connectivity index (χ2n) is 5.92. The molecule has 5 heteroatoms. The molecule has 0 aliphatic carbocycles. The van der Waals surface area contributed by atoms with Crippen LogP contribution in [0.15, 0.2) is 54.6 Å². The maximum absolute atomic E-state index is 13.6. The summed E-state index contributed by atoms with van der Waals surface area (Å²) in [5, 5.41) is 7.20. The fourth-order valence-electron chi connectivity index (χ4n) is 2.87. The number of carbonyl (C=O) groups is 1. The van der Waals surface area contributed by atoms with Gasteiger partial charge >= 0.3 is 0 Å². The summed E-state index contributed by atoms with van der Waals surface area (Å²) in [7, 11) is 0. The Balaban J connectivity index is 1.70. The number of benzene rings is 2. The third kappa shape index (κ3) is 3.76. The van der Waals surface area contributed by atoms with Crippen LogP contribution >= 0.6 is 0 Å². The lowest BCUT2D eigenvalue weighted by Crippen LogP contribution is -2.13. The number of aryl methyl sites for hydroxylation is 1. The first-order valence-corrected chi connectivity index (χ1v) is 8.21. The van der Waals surface area contributed by atoms with Crippen molar-refractivity contribution >= 4 is 11.6 Å². The van der Waals surface area contributed by atoms with Crippen LogP contribution in [0.4, 0.5) is 10.1 Å². The van der Waals surface area contributed by atoms with Gasteiger partial charge in [-0.1, -0.05) is 30.3 Å². The van der Waals surface area contributed by atoms with Crippen LogP contribution in [0.1, 0.15) is 23.4 Å². The Hall–Kier alpha value is -2.95. The normalized spacial score (nSPS) is 10.7. The van der Waals surface area contributed by atoms with Crippen LogP contribution in [0.25, 0.3) is 5.69 Å². The van der Waals surface area contributed by atoms with E-state index in [1.807, 2.05) is 48.9 Å². The van der Waals surface area contributed by atoms with Gasteiger partial charge in [0.1, 0.15) is 5.82 Å². The summed E-state index contributed by atoms with van der Waals surface area (Å²) in [6.07, 6.45) is 0.835. The molecule has 0 spiro atoms. The fraction of sp³-hybridized carbons (Fsp3) is 0.200. The highest BCUT2D eigenvalue weighted by atomic mass is 19.1. The number of carbonyl (C=O) groups excluding carboxylic acids is 1. The summed E-state index contributed by atoms with van der Waals surface area (Å²) in [6.45, 7) is 3.94. The Morgan fingerprint density at radius 2 is 1.76 bits per heavy atom. The summed E-state index contributed by atoms with van der Waals surface area (Å²) < 4.78 is 15.5. The maximum Gasteiger partial charge on any atom is 0.224 e. The molecule has 1 aromatic heterocycles. The van der Waals surface area contributed by atoms with Crippen molar-refractivity contribution in [1.82, 2.24) is 9.78 Å². The summed E-state index contributed by atoms with van der Waals surface area (Å²) in [5.74, 6) is -0.642. The van der Waals surface area contributed by atoms with Crippen LogP contribution in [0.3, 0.4) is 0 Å². The van der Waals surface area contributed by atoms with Gasteiger partial charge in [0, 0.05) is 12.1 Å². The topological polar surface area (TPSA) is 46.9 Å². The Labute approximate surface area is 146 Å². The Morgan fingerprint density at radius 1 is 1.08 bits per heavy atom. The van der Waals surface area contributed by atoms with Crippen LogP contribution < -0.4 is 5.32 Å². The number of nitrogens with one attached hydrogen (secondary N) is 1. The van der Waals surface area contributed by atoms with Crippen LogP contribution in [-0.2, 0) is 11.2 Å². The second-order valence-corrected chi connectivity index (χ2v) is 5.92. The molecule has 1 amide bonds. The van der Waals surface area contributed by atoms with Gasteiger partial charge < -0.3 is 5.32 Å². The Kier molecular flexibility index (Phi) is 4.93. The number of amides is 1. The molecule has 0 atom stereocenters. The first kappa shape index (κ1) is 16.9. The van der Waals surface area contributed by atoms with E-state index >= 15 is 0 Å². The van der Waals surface area contributed by atoms with Gasteiger partial charge in [0.2, 0.25) is 5.91 Å². The molecule has 0 aliphatic rings. The van der Waals surface area contributed by atoms with Crippen LogP contribution in [0.5, 0.6) is 0 Å². The molecule has 3 rings (SSSR count). The molecular weight excluding hydrogens is 317 g/mol. The molecule has 25 heavy (non-hydrogen) atoms. The highest BCUT2D eigenvalue weighted by molar-refractivity contribution is 5.90. The summed E-state index contributed by atoms with van der Waals surface area (Å²) >= 11 is 0. The van der Waals surface area contributed by atoms with Crippen LogP contribution in [0, 0.1) is 19.7 Å². The van der Waals surface area contributed by atoms with Gasteiger partial charge in [-0.25, -0.2) is 9.07 Å². The SMILES string of the molecule is Cc1nn(-c2ccccc2)c(C)c1CCC(=O)Nc1ccccc1F. The van der Waals surface area contributed by atoms with Crippen molar-refractivity contribution < 1.29 is 9.18 Å². The Morgan fingerprint density at radius 3 is 2.48 bits per heavy atom. The molecule has 0 fully saturated rings. The molecule has 2 aromatic carbocycles. The van der Waals surface area contributed by atoms with E-state index in [0.29, 0.717) is 6.42 Å². The van der Waals surface area contributed by atoms with Gasteiger partial charge in [-0.05, 0) is 50.1 Å². The van der Waals surface area contributed by atoms with Gasteiger partial charge in [0.25, 0.3) is 0 Å². The zero-order valence-electron chi connectivity index (χ0n) is 14.3. The van der Waals surface area contributed by atoms with Crippen LogP contribution in [-0.4, -0.2) is 15.7 Å². The highest BCUT2D eigenvalue weighted by Gasteiger charge is 2.14. The Bertz CT molecular complexity index is 887. The predicted molar refractivity (Wildman–Crippen MR) is 96.4 cm³/mol. The fourth-order valence-corrected chi connectivity index (χ4v) is 2.87. The molecule has 4 nitrogen and oxygen atoms in total. The number of aromatic nitrogens is 2. The number of halogens is 1. The third-order valence-electron chi connectivity index (χ3n) is 4.19. The standard InChI is InChI=1S/C20H20FN3O/c1-14-17(15(2)24(23-14)16-8-4-3-5-9-16)12-13-20(25)22-19-11-7-6-10-18(19)21/h3-11H,12-13H2,1-2H3,(H,22,25). The largest absolute Gasteiger partial charge is 0.324 e. The van der Waals surface area contributed by atoms with Gasteiger partial charge in [-0.2, -0.15) is 5.10 Å². The van der Waals surface area contributed by atoms with Gasteiger partial charge in [0.15, 0.2) is 0 Å². The number of anilines is 1. The number of hydrogen-bond acceptors (Lipinski definition) is 2. The molecule has 0 unspecified atom stereocenters. The molecule has 0 aliphatic heterocycles. The summed E-state index contributed by atoms with van der Waals surface area (Å²) in [6, 6.07) is 16.0. The van der Waals surface area contributed by atoms with E-state index in [1.165, 1.54) is 6.07 Å². The zero-order chi connectivity index (χ0) is 17.8. The van der Waals surface area contributed by atoms with E-state index in [1.54, 1.807) is 18.2 Å². The summed E-state index contributed by atoms with van der Waals surface area (Å²) in [5.41, 5.74) is 4.17. The molecule has 0 bridgehead atoms. The smallest absolute Gasteiger partial charge is 0.224 e. The number of para-hydroxylation sites is 2. The molecule has 1 N–H and O–H groups in total. The average Bonchev–Trinajstić information content (AvgIpc) is 2.90. The molecule has 1 heterocycles. The van der Waals surface area contributed by atoms with Gasteiger partial charge in [-0.3, -0.25) is 4.79 Å². The van der Waals surface area contributed by atoms with E-state index in [-0.39, 0.29) is 18.0 Å². The van der Waals surface area contributed by atoms with E-state index < -0.39 is 5.82 Å². The van der Waals surface area contributed by atoms with Crippen LogP contribution in [0.2, 0.25) is 0 Å². The van der Waals surface area contributed by atoms with Crippen molar-refractivity contribution in [2.75, 3.05) is 5.32 Å². The third-order valence-corrected chi connectivity index (χ3v) is 4.19. The first-order valence-electron chi connectivity index (χ1n) is 8.21. The van der Waals surface area contributed by atoms with Crippen molar-refractivity contribution in [2.45, 2.75) is 26.7 Å². The molecule has 3 aromatic rings. The number of hydrogen-bond donors (Lipinski definition) is 1. The van der Waals surface area contributed by atoms with E-state index in [0.717, 1.165) is 22.6 Å². The van der Waals surface area contributed by atoms with Crippen molar-refractivity contribution in [3.8, 4) is 5.69 Å². The lowest BCUT2D eigenvalue weighted by atomic mass is 10.1. The molecule has 128 valence electrons. The first-order chi connectivity index (χ1) is 12.1. The van der Waals surface area contributed by atoms with Gasteiger partial charge in [-0.15, -0.1) is 0 Å². The minimum atomic E-state index is -0.430. The van der Waals surface area contributed by atoms with Crippen molar-refractivity contribution in [3.63, 3.8) is 0 Å². The van der Waals surface area contributed by atoms with E-state index in [2.05, 4.69) is 10.4 Å². The zero-order valence-corrected chi connectivity index (χ0v) is 14.3. The quantitative estimate of drug-likeness (QED) is 0.758. The second kappa shape index (κ2) is 7.30. The average molecular weight is 337 g/mol. The van der Waals surface area contributed by atoms with Crippen molar-refractivity contribution in [1.29, 1.82) is 0 Å². The monoisotopic (exact) mass is 337 g/mol. The van der Waals surface area contributed by atoms with Crippen molar-refractivity contribution in [2.24, 2.45) is 0 Å².